The lowest BCUT2D eigenvalue weighted by molar-refractivity contribution is -0.307. The van der Waals surface area contributed by atoms with Gasteiger partial charge in [-0.05, 0) is 35.9 Å². The molecule has 0 radical (unpaired) electrons. The van der Waals surface area contributed by atoms with Crippen molar-refractivity contribution < 1.29 is 23.8 Å². The number of thiocarbonyl (C=S) groups is 1. The molecule has 1 aromatic carbocycles. The number of thioether (sulfide) groups is 1. The Morgan fingerprint density at radius 1 is 1.36 bits per heavy atom. The Hall–Kier alpha value is -2.58. The second kappa shape index (κ2) is 7.54. The molecule has 0 N–H and O–H groups in total. The van der Waals surface area contributed by atoms with Crippen molar-refractivity contribution in [1.82, 2.24) is 4.90 Å². The maximum atomic E-state index is 12.5. The fourth-order valence-corrected chi connectivity index (χ4v) is 3.44. The highest BCUT2D eigenvalue weighted by Crippen LogP contribution is 2.34. The summed E-state index contributed by atoms with van der Waals surface area (Å²) in [6, 6.07) is 10.3. The number of carbonyl (C=O) groups excluding carboxylic acids is 2. The Kier molecular flexibility index (Phi) is 5.20. The van der Waals surface area contributed by atoms with Crippen LogP contribution in [-0.2, 0) is 16.1 Å². The molecule has 0 aliphatic carbocycles. The van der Waals surface area contributed by atoms with Crippen LogP contribution in [-0.4, -0.2) is 27.7 Å². The van der Waals surface area contributed by atoms with Gasteiger partial charge in [0.2, 0.25) is 0 Å². The van der Waals surface area contributed by atoms with Crippen LogP contribution < -0.4 is 9.84 Å². The standard InChI is InChI=1S/C17H13NO5S2/c19-15(20)10-23-12-4-1-3-11(7-12)8-14-16(21)18(17(24)25-14)9-13-5-2-6-22-13/h1-8H,9-10H2,(H,19,20)/p-1/b14-8+. The van der Waals surface area contributed by atoms with E-state index < -0.39 is 12.6 Å². The maximum Gasteiger partial charge on any atom is 0.266 e. The van der Waals surface area contributed by atoms with Crippen LogP contribution in [0.15, 0.2) is 52.0 Å². The smallest absolute Gasteiger partial charge is 0.266 e. The molecule has 1 fully saturated rings. The lowest BCUT2D eigenvalue weighted by Crippen LogP contribution is -2.28. The third kappa shape index (κ3) is 4.28. The molecule has 8 heteroatoms. The molecule has 2 heterocycles. The number of nitrogens with zero attached hydrogens (tertiary/aromatic N) is 1. The quantitative estimate of drug-likeness (QED) is 0.563. The molecule has 1 amide bonds. The summed E-state index contributed by atoms with van der Waals surface area (Å²) in [7, 11) is 0. The highest BCUT2D eigenvalue weighted by atomic mass is 32.2. The molecule has 0 bridgehead atoms. The Morgan fingerprint density at radius 3 is 2.92 bits per heavy atom. The van der Waals surface area contributed by atoms with Gasteiger partial charge in [0.25, 0.3) is 5.91 Å². The first kappa shape index (κ1) is 17.2. The fraction of sp³-hybridized carbons (Fsp3) is 0.118. The van der Waals surface area contributed by atoms with Gasteiger partial charge in [0, 0.05) is 0 Å². The number of furan rings is 1. The van der Waals surface area contributed by atoms with Crippen molar-refractivity contribution in [1.29, 1.82) is 0 Å². The van der Waals surface area contributed by atoms with E-state index in [1.54, 1.807) is 48.7 Å². The number of carboxylic acids is 1. The topological polar surface area (TPSA) is 82.8 Å². The van der Waals surface area contributed by atoms with E-state index in [1.165, 1.54) is 16.7 Å². The third-order valence-corrected chi connectivity index (χ3v) is 4.66. The molecule has 1 saturated heterocycles. The van der Waals surface area contributed by atoms with Crippen molar-refractivity contribution in [2.24, 2.45) is 0 Å². The van der Waals surface area contributed by atoms with Gasteiger partial charge in [-0.15, -0.1) is 0 Å². The summed E-state index contributed by atoms with van der Waals surface area (Å²) in [4.78, 5) is 24.9. The minimum atomic E-state index is -1.30. The zero-order valence-corrected chi connectivity index (χ0v) is 14.5. The van der Waals surface area contributed by atoms with Crippen LogP contribution in [0.5, 0.6) is 5.75 Å². The molecule has 0 saturated carbocycles. The molecule has 25 heavy (non-hydrogen) atoms. The molecule has 2 aromatic rings. The molecule has 128 valence electrons. The van der Waals surface area contributed by atoms with E-state index in [-0.39, 0.29) is 12.5 Å². The maximum absolute atomic E-state index is 12.5. The Balaban J connectivity index is 1.75. The van der Waals surface area contributed by atoms with Crippen molar-refractivity contribution in [3.05, 3.63) is 58.9 Å². The van der Waals surface area contributed by atoms with Gasteiger partial charge in [-0.25, -0.2) is 0 Å². The van der Waals surface area contributed by atoms with Gasteiger partial charge in [-0.3, -0.25) is 9.69 Å². The summed E-state index contributed by atoms with van der Waals surface area (Å²) < 4.78 is 10.8. The number of rotatable bonds is 6. The van der Waals surface area contributed by atoms with Crippen molar-refractivity contribution in [2.75, 3.05) is 6.61 Å². The van der Waals surface area contributed by atoms with Crippen molar-refractivity contribution in [2.45, 2.75) is 6.54 Å². The summed E-state index contributed by atoms with van der Waals surface area (Å²) >= 11 is 6.47. The molecule has 1 aliphatic heterocycles. The van der Waals surface area contributed by atoms with E-state index in [2.05, 4.69) is 0 Å². The monoisotopic (exact) mass is 374 g/mol. The van der Waals surface area contributed by atoms with Gasteiger partial charge >= 0.3 is 0 Å². The molecular weight excluding hydrogens is 362 g/mol. The molecule has 0 unspecified atom stereocenters. The number of carboxylic acid groups (broad SMARTS) is 1. The van der Waals surface area contributed by atoms with E-state index in [4.69, 9.17) is 21.4 Å². The summed E-state index contributed by atoms with van der Waals surface area (Å²) in [5.41, 5.74) is 0.703. The normalized spacial score (nSPS) is 15.8. The number of aliphatic carboxylic acids is 1. The van der Waals surface area contributed by atoms with E-state index >= 15 is 0 Å². The number of amides is 1. The molecular formula is C17H12NO5S2-. The van der Waals surface area contributed by atoms with Gasteiger partial charge in [-0.1, -0.05) is 36.1 Å². The first-order chi connectivity index (χ1) is 12.0. The molecule has 0 spiro atoms. The first-order valence-electron chi connectivity index (χ1n) is 7.23. The molecule has 0 atom stereocenters. The molecule has 6 nitrogen and oxygen atoms in total. The zero-order valence-electron chi connectivity index (χ0n) is 12.8. The summed E-state index contributed by atoms with van der Waals surface area (Å²) in [6.45, 7) is -0.252. The van der Waals surface area contributed by atoms with E-state index in [0.29, 0.717) is 26.3 Å². The van der Waals surface area contributed by atoms with Crippen LogP contribution >= 0.6 is 24.0 Å². The SMILES string of the molecule is O=C([O-])COc1cccc(/C=C2/SC(=S)N(Cc3ccco3)C2=O)c1. The Labute approximate surface area is 153 Å². The van der Waals surface area contributed by atoms with Crippen molar-refractivity contribution >= 4 is 46.3 Å². The van der Waals surface area contributed by atoms with Gasteiger partial charge in [-0.2, -0.15) is 0 Å². The van der Waals surface area contributed by atoms with Crippen LogP contribution in [0.2, 0.25) is 0 Å². The van der Waals surface area contributed by atoms with Crippen LogP contribution in [0.1, 0.15) is 11.3 Å². The largest absolute Gasteiger partial charge is 0.546 e. The predicted octanol–water partition coefficient (Wildman–Crippen LogP) is 1.81. The van der Waals surface area contributed by atoms with Crippen LogP contribution in [0, 0.1) is 0 Å². The number of hydrogen-bond donors (Lipinski definition) is 0. The second-order valence-corrected chi connectivity index (χ2v) is 6.76. The second-order valence-electron chi connectivity index (χ2n) is 5.08. The third-order valence-electron chi connectivity index (χ3n) is 3.28. The summed E-state index contributed by atoms with van der Waals surface area (Å²) in [6.07, 6.45) is 3.23. The Bertz CT molecular complexity index is 844. The fourth-order valence-electron chi connectivity index (χ4n) is 2.18. The summed E-state index contributed by atoms with van der Waals surface area (Å²) in [5.74, 6) is -0.476. The lowest BCUT2D eigenvalue weighted by atomic mass is 10.2. The predicted molar refractivity (Wildman–Crippen MR) is 94.4 cm³/mol. The molecule has 1 aliphatic rings. The first-order valence-corrected chi connectivity index (χ1v) is 8.46. The van der Waals surface area contributed by atoms with Gasteiger partial charge in [0.1, 0.15) is 22.4 Å². The average Bonchev–Trinajstić information content (AvgIpc) is 3.18. The molecule has 1 aromatic heterocycles. The highest BCUT2D eigenvalue weighted by Gasteiger charge is 2.32. The van der Waals surface area contributed by atoms with E-state index in [1.807, 2.05) is 0 Å². The molecule has 3 rings (SSSR count). The summed E-state index contributed by atoms with van der Waals surface area (Å²) in [5, 5.41) is 10.5. The van der Waals surface area contributed by atoms with Gasteiger partial charge in [0.15, 0.2) is 0 Å². The van der Waals surface area contributed by atoms with E-state index in [9.17, 15) is 14.7 Å². The average molecular weight is 374 g/mol. The van der Waals surface area contributed by atoms with Crippen molar-refractivity contribution in [3.8, 4) is 5.75 Å². The highest BCUT2D eigenvalue weighted by molar-refractivity contribution is 8.26. The van der Waals surface area contributed by atoms with E-state index in [0.717, 1.165) is 0 Å². The number of carbonyl (C=O) groups is 2. The minimum absolute atomic E-state index is 0.201. The zero-order chi connectivity index (χ0) is 17.8. The Morgan fingerprint density at radius 2 is 2.20 bits per heavy atom. The minimum Gasteiger partial charge on any atom is -0.546 e. The van der Waals surface area contributed by atoms with Crippen molar-refractivity contribution in [3.63, 3.8) is 0 Å². The van der Waals surface area contributed by atoms with Gasteiger partial charge < -0.3 is 19.1 Å². The lowest BCUT2D eigenvalue weighted by Gasteiger charge is -2.12. The van der Waals surface area contributed by atoms with Crippen LogP contribution in [0.25, 0.3) is 6.08 Å². The number of benzene rings is 1. The van der Waals surface area contributed by atoms with Crippen LogP contribution in [0.3, 0.4) is 0 Å². The van der Waals surface area contributed by atoms with Crippen LogP contribution in [0.4, 0.5) is 0 Å². The van der Waals surface area contributed by atoms with Gasteiger partial charge in [0.05, 0.1) is 23.7 Å². The number of ether oxygens (including phenoxy) is 1. The number of hydrogen-bond acceptors (Lipinski definition) is 7.